The van der Waals surface area contributed by atoms with Crippen molar-refractivity contribution < 1.29 is 14.0 Å². The van der Waals surface area contributed by atoms with Crippen molar-refractivity contribution in [2.75, 3.05) is 0 Å². The molecule has 3 aromatic carbocycles. The lowest BCUT2D eigenvalue weighted by Crippen LogP contribution is -2.62. The summed E-state index contributed by atoms with van der Waals surface area (Å²) < 4.78 is 13.4. The summed E-state index contributed by atoms with van der Waals surface area (Å²) in [4.78, 5) is 28.4. The van der Waals surface area contributed by atoms with Gasteiger partial charge in [-0.05, 0) is 48.7 Å². The Bertz CT molecular complexity index is 1110. The van der Waals surface area contributed by atoms with E-state index in [0.29, 0.717) is 18.5 Å². The molecule has 2 amide bonds. The molecule has 0 spiro atoms. The molecule has 0 saturated heterocycles. The van der Waals surface area contributed by atoms with Gasteiger partial charge in [-0.2, -0.15) is 0 Å². The fraction of sp³-hybridized carbons (Fsp3) is 0.231. The van der Waals surface area contributed by atoms with Gasteiger partial charge in [0.25, 0.3) is 5.91 Å². The Morgan fingerprint density at radius 3 is 2.35 bits per heavy atom. The molecular weight excluding hydrogens is 391 g/mol. The van der Waals surface area contributed by atoms with E-state index in [2.05, 4.69) is 5.32 Å². The number of nitrogens with zero attached hydrogens (tertiary/aromatic N) is 1. The Labute approximate surface area is 181 Å². The molecule has 31 heavy (non-hydrogen) atoms. The van der Waals surface area contributed by atoms with E-state index in [4.69, 9.17) is 0 Å². The smallest absolute Gasteiger partial charge is 0.255 e. The summed E-state index contributed by atoms with van der Waals surface area (Å²) in [6, 6.07) is 21.4. The molecular formula is C26H25FN2O2. The highest BCUT2D eigenvalue weighted by Gasteiger charge is 2.46. The first-order valence-corrected chi connectivity index (χ1v) is 10.3. The molecule has 158 valence electrons. The van der Waals surface area contributed by atoms with E-state index in [1.807, 2.05) is 49.4 Å². The molecule has 1 aliphatic heterocycles. The molecule has 1 heterocycles. The summed E-state index contributed by atoms with van der Waals surface area (Å²) in [5.41, 5.74) is 3.32. The number of carbonyl (C=O) groups excluding carboxylic acids is 2. The topological polar surface area (TPSA) is 49.4 Å². The van der Waals surface area contributed by atoms with Crippen LogP contribution in [0, 0.1) is 12.7 Å². The Hall–Kier alpha value is -3.47. The summed E-state index contributed by atoms with van der Waals surface area (Å²) in [5.74, 6) is -0.741. The van der Waals surface area contributed by atoms with Gasteiger partial charge in [-0.15, -0.1) is 0 Å². The van der Waals surface area contributed by atoms with Crippen LogP contribution in [0.2, 0.25) is 0 Å². The van der Waals surface area contributed by atoms with Gasteiger partial charge in [0.05, 0.1) is 0 Å². The van der Waals surface area contributed by atoms with Gasteiger partial charge in [-0.3, -0.25) is 9.59 Å². The molecule has 0 unspecified atom stereocenters. The number of halogens is 1. The molecule has 0 fully saturated rings. The number of aryl methyl sites for hydroxylation is 1. The third-order valence-electron chi connectivity index (χ3n) is 5.94. The van der Waals surface area contributed by atoms with Crippen molar-refractivity contribution in [3.8, 4) is 0 Å². The minimum Gasteiger partial charge on any atom is -0.350 e. The molecule has 4 nitrogen and oxygen atoms in total. The predicted molar refractivity (Wildman–Crippen MR) is 118 cm³/mol. The monoisotopic (exact) mass is 416 g/mol. The van der Waals surface area contributed by atoms with Crippen molar-refractivity contribution >= 4 is 11.8 Å². The standard InChI is InChI=1S/C26H25FN2O2/c1-18-7-9-19(10-8-18)16-28-25(31)26(2)15-21-5-3-4-6-23(21)24(30)29(26)17-20-11-13-22(27)14-12-20/h3-14H,15-17H2,1-2H3,(H,28,31)/t26-/m0/s1. The largest absolute Gasteiger partial charge is 0.350 e. The molecule has 5 heteroatoms. The number of benzene rings is 3. The lowest BCUT2D eigenvalue weighted by atomic mass is 9.82. The molecule has 4 rings (SSSR count). The molecule has 0 bridgehead atoms. The van der Waals surface area contributed by atoms with Crippen LogP contribution in [0.3, 0.4) is 0 Å². The molecule has 1 atom stereocenters. The summed E-state index contributed by atoms with van der Waals surface area (Å²) in [6.07, 6.45) is 0.413. The first kappa shape index (κ1) is 20.8. The highest BCUT2D eigenvalue weighted by atomic mass is 19.1. The van der Waals surface area contributed by atoms with Gasteiger partial charge in [-0.25, -0.2) is 4.39 Å². The number of carbonyl (C=O) groups is 2. The van der Waals surface area contributed by atoms with Gasteiger partial charge in [0.15, 0.2) is 0 Å². The molecule has 3 aromatic rings. The molecule has 0 saturated carbocycles. The van der Waals surface area contributed by atoms with E-state index in [1.54, 1.807) is 30.0 Å². The number of hydrogen-bond acceptors (Lipinski definition) is 2. The summed E-state index contributed by atoms with van der Waals surface area (Å²) in [7, 11) is 0. The second-order valence-electron chi connectivity index (χ2n) is 8.29. The predicted octanol–water partition coefficient (Wildman–Crippen LogP) is 4.41. The van der Waals surface area contributed by atoms with Gasteiger partial charge in [-0.1, -0.05) is 60.2 Å². The summed E-state index contributed by atoms with van der Waals surface area (Å²) in [5, 5.41) is 3.01. The van der Waals surface area contributed by atoms with Gasteiger partial charge in [0, 0.05) is 25.1 Å². The number of fused-ring (bicyclic) bond motifs is 1. The Morgan fingerprint density at radius 2 is 1.65 bits per heavy atom. The SMILES string of the molecule is Cc1ccc(CNC(=O)[C@]2(C)Cc3ccccc3C(=O)N2Cc2ccc(F)cc2)cc1. The average molecular weight is 416 g/mol. The second kappa shape index (κ2) is 8.34. The number of hydrogen-bond donors (Lipinski definition) is 1. The molecule has 0 aromatic heterocycles. The summed E-state index contributed by atoms with van der Waals surface area (Å²) in [6.45, 7) is 4.42. The molecule has 1 N–H and O–H groups in total. The zero-order valence-corrected chi connectivity index (χ0v) is 17.7. The van der Waals surface area contributed by atoms with E-state index in [9.17, 15) is 14.0 Å². The first-order valence-electron chi connectivity index (χ1n) is 10.3. The minimum absolute atomic E-state index is 0.195. The molecule has 0 aliphatic carbocycles. The van der Waals surface area contributed by atoms with E-state index in [1.165, 1.54) is 12.1 Å². The van der Waals surface area contributed by atoms with Crippen molar-refractivity contribution in [3.05, 3.63) is 106 Å². The van der Waals surface area contributed by atoms with E-state index < -0.39 is 5.54 Å². The van der Waals surface area contributed by atoms with Crippen LogP contribution in [0.5, 0.6) is 0 Å². The van der Waals surface area contributed by atoms with Crippen molar-refractivity contribution in [2.45, 2.75) is 38.9 Å². The average Bonchev–Trinajstić information content (AvgIpc) is 2.77. The second-order valence-corrected chi connectivity index (χ2v) is 8.29. The maximum absolute atomic E-state index is 13.4. The van der Waals surface area contributed by atoms with E-state index in [-0.39, 0.29) is 24.2 Å². The number of nitrogens with one attached hydrogen (secondary N) is 1. The van der Waals surface area contributed by atoms with Crippen LogP contribution in [0.1, 0.15) is 39.5 Å². The lowest BCUT2D eigenvalue weighted by molar-refractivity contribution is -0.132. The van der Waals surface area contributed by atoms with E-state index in [0.717, 1.165) is 22.3 Å². The Balaban J connectivity index is 1.63. The van der Waals surface area contributed by atoms with E-state index >= 15 is 0 Å². The molecule has 1 aliphatic rings. The highest BCUT2D eigenvalue weighted by molar-refractivity contribution is 6.02. The van der Waals surface area contributed by atoms with Crippen LogP contribution >= 0.6 is 0 Å². The lowest BCUT2D eigenvalue weighted by Gasteiger charge is -2.44. The maximum atomic E-state index is 13.4. The zero-order valence-electron chi connectivity index (χ0n) is 17.7. The third kappa shape index (κ3) is 4.22. The van der Waals surface area contributed by atoms with Crippen molar-refractivity contribution in [1.29, 1.82) is 0 Å². The summed E-state index contributed by atoms with van der Waals surface area (Å²) >= 11 is 0. The van der Waals surface area contributed by atoms with Crippen LogP contribution in [0.4, 0.5) is 4.39 Å². The number of rotatable bonds is 5. The maximum Gasteiger partial charge on any atom is 0.255 e. The minimum atomic E-state index is -1.06. The highest BCUT2D eigenvalue weighted by Crippen LogP contribution is 2.33. The van der Waals surface area contributed by atoms with Gasteiger partial charge in [0.2, 0.25) is 5.91 Å². The van der Waals surface area contributed by atoms with Crippen LogP contribution in [-0.4, -0.2) is 22.3 Å². The third-order valence-corrected chi connectivity index (χ3v) is 5.94. The van der Waals surface area contributed by atoms with Crippen LogP contribution in [0.15, 0.2) is 72.8 Å². The number of amides is 2. The Morgan fingerprint density at radius 1 is 1.00 bits per heavy atom. The van der Waals surface area contributed by atoms with Crippen LogP contribution in [0.25, 0.3) is 0 Å². The fourth-order valence-electron chi connectivity index (χ4n) is 4.02. The van der Waals surface area contributed by atoms with Crippen molar-refractivity contribution in [3.63, 3.8) is 0 Å². The van der Waals surface area contributed by atoms with Crippen molar-refractivity contribution in [1.82, 2.24) is 10.2 Å². The Kier molecular flexibility index (Phi) is 5.59. The van der Waals surface area contributed by atoms with Gasteiger partial charge in [0.1, 0.15) is 11.4 Å². The van der Waals surface area contributed by atoms with Crippen molar-refractivity contribution in [2.24, 2.45) is 0 Å². The fourth-order valence-corrected chi connectivity index (χ4v) is 4.02. The quantitative estimate of drug-likeness (QED) is 0.670. The first-order chi connectivity index (χ1) is 14.9. The normalized spacial score (nSPS) is 17.9. The van der Waals surface area contributed by atoms with Crippen LogP contribution < -0.4 is 5.32 Å². The van der Waals surface area contributed by atoms with Gasteiger partial charge >= 0.3 is 0 Å². The zero-order chi connectivity index (χ0) is 22.0. The van der Waals surface area contributed by atoms with Crippen LogP contribution in [-0.2, 0) is 24.3 Å². The molecule has 0 radical (unpaired) electrons. The van der Waals surface area contributed by atoms with Gasteiger partial charge < -0.3 is 10.2 Å².